The van der Waals surface area contributed by atoms with E-state index < -0.39 is 5.97 Å². The predicted octanol–water partition coefficient (Wildman–Crippen LogP) is 1.92. The Labute approximate surface area is 72.3 Å². The first-order valence-corrected chi connectivity index (χ1v) is 4.59. The Kier molecular flexibility index (Phi) is 1.71. The van der Waals surface area contributed by atoms with E-state index in [4.69, 9.17) is 5.11 Å². The third kappa shape index (κ3) is 1.52. The van der Waals surface area contributed by atoms with E-state index >= 15 is 0 Å². The second kappa shape index (κ2) is 2.61. The van der Waals surface area contributed by atoms with Crippen LogP contribution in [0.2, 0.25) is 0 Å². The number of carbonyl (C=O) groups is 1. The van der Waals surface area contributed by atoms with Gasteiger partial charge in [-0.05, 0) is 36.5 Å². The molecule has 1 N–H and O–H groups in total. The number of rotatable bonds is 3. The van der Waals surface area contributed by atoms with Crippen molar-refractivity contribution in [3.63, 3.8) is 0 Å². The Morgan fingerprint density at radius 1 is 1.42 bits per heavy atom. The van der Waals surface area contributed by atoms with Crippen molar-refractivity contribution in [2.45, 2.75) is 19.8 Å². The Bertz CT molecular complexity index is 232. The standard InChI is InChI=1S/C10H14O2/c1-6-4-8(6)9-5-7(9)2-3-10(11)12/h2-3,6-9H,4-5H2,1H3,(H,11,12)/b3-2+/t6-,7?,8-,9-/m1/s1. The molecule has 2 aliphatic carbocycles. The van der Waals surface area contributed by atoms with Gasteiger partial charge >= 0.3 is 5.97 Å². The van der Waals surface area contributed by atoms with E-state index in [2.05, 4.69) is 6.92 Å². The van der Waals surface area contributed by atoms with Gasteiger partial charge in [-0.1, -0.05) is 13.0 Å². The summed E-state index contributed by atoms with van der Waals surface area (Å²) in [5.74, 6) is 2.39. The number of hydrogen-bond acceptors (Lipinski definition) is 1. The maximum atomic E-state index is 10.2. The third-order valence-electron chi connectivity index (χ3n) is 3.10. The molecule has 0 radical (unpaired) electrons. The van der Waals surface area contributed by atoms with E-state index in [9.17, 15) is 4.79 Å². The normalized spacial score (nSPS) is 44.8. The maximum absolute atomic E-state index is 10.2. The highest BCUT2D eigenvalue weighted by molar-refractivity contribution is 5.79. The lowest BCUT2D eigenvalue weighted by atomic mass is 10.2. The van der Waals surface area contributed by atoms with Gasteiger partial charge in [0.15, 0.2) is 0 Å². The summed E-state index contributed by atoms with van der Waals surface area (Å²) in [7, 11) is 0. The van der Waals surface area contributed by atoms with Gasteiger partial charge < -0.3 is 5.11 Å². The monoisotopic (exact) mass is 166 g/mol. The molecule has 2 aliphatic rings. The fourth-order valence-corrected chi connectivity index (χ4v) is 2.10. The molecule has 4 atom stereocenters. The average molecular weight is 166 g/mol. The summed E-state index contributed by atoms with van der Waals surface area (Å²) in [5.41, 5.74) is 0. The zero-order valence-electron chi connectivity index (χ0n) is 7.23. The van der Waals surface area contributed by atoms with Crippen molar-refractivity contribution in [2.75, 3.05) is 0 Å². The largest absolute Gasteiger partial charge is 0.478 e. The minimum absolute atomic E-state index is 0.580. The van der Waals surface area contributed by atoms with Crippen LogP contribution in [0.3, 0.4) is 0 Å². The van der Waals surface area contributed by atoms with Gasteiger partial charge in [-0.2, -0.15) is 0 Å². The number of aliphatic carboxylic acids is 1. The molecule has 0 spiro atoms. The fraction of sp³-hybridized carbons (Fsp3) is 0.700. The Hall–Kier alpha value is -0.790. The molecule has 0 aliphatic heterocycles. The molecule has 0 aromatic carbocycles. The van der Waals surface area contributed by atoms with Crippen molar-refractivity contribution in [2.24, 2.45) is 23.7 Å². The highest BCUT2D eigenvalue weighted by Crippen LogP contribution is 2.58. The summed E-state index contributed by atoms with van der Waals surface area (Å²) in [6.07, 6.45) is 5.73. The number of carboxylic acids is 1. The number of hydrogen-bond donors (Lipinski definition) is 1. The van der Waals surface area contributed by atoms with Gasteiger partial charge in [0.2, 0.25) is 0 Å². The summed E-state index contributed by atoms with van der Waals surface area (Å²) in [5, 5.41) is 8.40. The van der Waals surface area contributed by atoms with E-state index in [0.29, 0.717) is 5.92 Å². The molecule has 12 heavy (non-hydrogen) atoms. The van der Waals surface area contributed by atoms with Crippen LogP contribution in [0.15, 0.2) is 12.2 Å². The zero-order valence-corrected chi connectivity index (χ0v) is 7.23. The van der Waals surface area contributed by atoms with Gasteiger partial charge in [-0.15, -0.1) is 0 Å². The Morgan fingerprint density at radius 3 is 2.58 bits per heavy atom. The molecule has 0 heterocycles. The van der Waals surface area contributed by atoms with E-state index in [0.717, 1.165) is 17.8 Å². The lowest BCUT2D eigenvalue weighted by Crippen LogP contribution is -1.88. The molecule has 2 saturated carbocycles. The Morgan fingerprint density at radius 2 is 2.08 bits per heavy atom. The predicted molar refractivity (Wildman–Crippen MR) is 45.6 cm³/mol. The minimum Gasteiger partial charge on any atom is -0.478 e. The third-order valence-corrected chi connectivity index (χ3v) is 3.10. The molecule has 2 heteroatoms. The molecule has 2 fully saturated rings. The van der Waals surface area contributed by atoms with Crippen LogP contribution in [0.25, 0.3) is 0 Å². The van der Waals surface area contributed by atoms with Crippen LogP contribution < -0.4 is 0 Å². The highest BCUT2D eigenvalue weighted by Gasteiger charge is 2.50. The molecule has 66 valence electrons. The van der Waals surface area contributed by atoms with Crippen molar-refractivity contribution in [1.82, 2.24) is 0 Å². The SMILES string of the molecule is C[C@@H]1C[C@H]1[C@@H]1CC1/C=C/C(=O)O. The molecule has 0 aromatic heterocycles. The fourth-order valence-electron chi connectivity index (χ4n) is 2.10. The summed E-state index contributed by atoms with van der Waals surface area (Å²) >= 11 is 0. The van der Waals surface area contributed by atoms with Gasteiger partial charge in [-0.25, -0.2) is 4.79 Å². The van der Waals surface area contributed by atoms with Gasteiger partial charge in [0.1, 0.15) is 0 Å². The van der Waals surface area contributed by atoms with E-state index in [1.54, 1.807) is 0 Å². The van der Waals surface area contributed by atoms with Crippen molar-refractivity contribution < 1.29 is 9.90 Å². The van der Waals surface area contributed by atoms with Crippen LogP contribution in [0.4, 0.5) is 0 Å². The summed E-state index contributed by atoms with van der Waals surface area (Å²) in [4.78, 5) is 10.2. The minimum atomic E-state index is -0.815. The van der Waals surface area contributed by atoms with Crippen molar-refractivity contribution in [3.8, 4) is 0 Å². The molecule has 0 saturated heterocycles. The first-order valence-electron chi connectivity index (χ1n) is 4.59. The van der Waals surface area contributed by atoms with Crippen LogP contribution in [0, 0.1) is 23.7 Å². The van der Waals surface area contributed by atoms with Gasteiger partial charge in [0.25, 0.3) is 0 Å². The van der Waals surface area contributed by atoms with Crippen molar-refractivity contribution in [1.29, 1.82) is 0 Å². The van der Waals surface area contributed by atoms with Crippen molar-refractivity contribution >= 4 is 5.97 Å². The first kappa shape index (κ1) is 7.84. The topological polar surface area (TPSA) is 37.3 Å². The molecular weight excluding hydrogens is 152 g/mol. The molecule has 0 amide bonds. The number of allylic oxidation sites excluding steroid dienone is 1. The molecule has 2 nitrogen and oxygen atoms in total. The first-order chi connectivity index (χ1) is 5.68. The van der Waals surface area contributed by atoms with Crippen molar-refractivity contribution in [3.05, 3.63) is 12.2 Å². The smallest absolute Gasteiger partial charge is 0.327 e. The van der Waals surface area contributed by atoms with Crippen LogP contribution >= 0.6 is 0 Å². The molecule has 1 unspecified atom stereocenters. The van der Waals surface area contributed by atoms with E-state index in [1.165, 1.54) is 18.9 Å². The van der Waals surface area contributed by atoms with E-state index in [1.807, 2.05) is 6.08 Å². The quantitative estimate of drug-likeness (QED) is 0.650. The Balaban J connectivity index is 1.77. The number of carboxylic acid groups (broad SMARTS) is 1. The van der Waals surface area contributed by atoms with Gasteiger partial charge in [0.05, 0.1) is 0 Å². The van der Waals surface area contributed by atoms with Crippen LogP contribution in [0.5, 0.6) is 0 Å². The van der Waals surface area contributed by atoms with Crippen LogP contribution in [-0.2, 0) is 4.79 Å². The van der Waals surface area contributed by atoms with Crippen LogP contribution in [0.1, 0.15) is 19.8 Å². The average Bonchev–Trinajstić information content (AvgIpc) is 2.80. The van der Waals surface area contributed by atoms with Gasteiger partial charge in [0, 0.05) is 6.08 Å². The molecule has 0 aromatic rings. The summed E-state index contributed by atoms with van der Waals surface area (Å²) < 4.78 is 0. The second-order valence-electron chi connectivity index (χ2n) is 4.14. The second-order valence-corrected chi connectivity index (χ2v) is 4.14. The highest BCUT2D eigenvalue weighted by atomic mass is 16.4. The summed E-state index contributed by atoms with van der Waals surface area (Å²) in [6.45, 7) is 2.28. The van der Waals surface area contributed by atoms with Gasteiger partial charge in [-0.3, -0.25) is 0 Å². The van der Waals surface area contributed by atoms with Crippen LogP contribution in [-0.4, -0.2) is 11.1 Å². The molecular formula is C10H14O2. The zero-order chi connectivity index (χ0) is 8.72. The lowest BCUT2D eigenvalue weighted by Gasteiger charge is -1.89. The van der Waals surface area contributed by atoms with E-state index in [-0.39, 0.29) is 0 Å². The molecule has 0 bridgehead atoms. The molecule has 2 rings (SSSR count). The lowest BCUT2D eigenvalue weighted by molar-refractivity contribution is -0.131. The summed E-state index contributed by atoms with van der Waals surface area (Å²) in [6, 6.07) is 0. The maximum Gasteiger partial charge on any atom is 0.327 e.